The highest BCUT2D eigenvalue weighted by atomic mass is 16.6. The summed E-state index contributed by atoms with van der Waals surface area (Å²) in [7, 11) is 0. The summed E-state index contributed by atoms with van der Waals surface area (Å²) in [5.41, 5.74) is 1.30. The molecule has 0 fully saturated rings. The fraction of sp³-hybridized carbons (Fsp3) is 0.250. The Morgan fingerprint density at radius 1 is 1.29 bits per heavy atom. The van der Waals surface area contributed by atoms with Gasteiger partial charge in [0.2, 0.25) is 0 Å². The minimum atomic E-state index is -0.597. The van der Waals surface area contributed by atoms with Crippen LogP contribution in [0, 0.1) is 17.0 Å². The summed E-state index contributed by atoms with van der Waals surface area (Å²) in [5.74, 6) is 1.06. The van der Waals surface area contributed by atoms with Gasteiger partial charge in [-0.2, -0.15) is 0 Å². The lowest BCUT2D eigenvalue weighted by Gasteiger charge is -2.14. The van der Waals surface area contributed by atoms with Crippen molar-refractivity contribution in [2.24, 2.45) is 0 Å². The van der Waals surface area contributed by atoms with Crippen LogP contribution < -0.4 is 4.74 Å². The molecule has 0 saturated carbocycles. The number of aryl methyl sites for hydroxylation is 1. The monoisotopic (exact) mass is 287 g/mol. The molecule has 0 spiro atoms. The normalized spacial score (nSPS) is 12.0. The highest BCUT2D eigenvalue weighted by Crippen LogP contribution is 2.32. The first-order valence-electron chi connectivity index (χ1n) is 6.72. The van der Waals surface area contributed by atoms with Gasteiger partial charge in [0.05, 0.1) is 11.0 Å². The molecular weight excluding hydrogens is 270 g/mol. The van der Waals surface area contributed by atoms with E-state index in [4.69, 9.17) is 4.74 Å². The number of rotatable bonds is 5. The Balaban J connectivity index is 2.31. The van der Waals surface area contributed by atoms with E-state index in [0.717, 1.165) is 0 Å². The Bertz CT molecular complexity index is 654. The molecule has 0 radical (unpaired) electrons. The Morgan fingerprint density at radius 3 is 2.62 bits per heavy atom. The summed E-state index contributed by atoms with van der Waals surface area (Å²) in [5, 5.41) is 20.8. The quantitative estimate of drug-likeness (QED) is 0.662. The second-order valence-corrected chi connectivity index (χ2v) is 4.77. The van der Waals surface area contributed by atoms with E-state index in [2.05, 4.69) is 0 Å². The second-order valence-electron chi connectivity index (χ2n) is 4.77. The maximum absolute atomic E-state index is 10.8. The number of benzene rings is 2. The van der Waals surface area contributed by atoms with Gasteiger partial charge in [-0.3, -0.25) is 10.1 Å². The average molecular weight is 287 g/mol. The first-order chi connectivity index (χ1) is 10.0. The van der Waals surface area contributed by atoms with Gasteiger partial charge in [-0.05, 0) is 31.5 Å². The fourth-order valence-corrected chi connectivity index (χ4v) is 2.09. The van der Waals surface area contributed by atoms with Gasteiger partial charge in [-0.15, -0.1) is 0 Å². The van der Waals surface area contributed by atoms with Crippen LogP contribution in [0.15, 0.2) is 42.5 Å². The maximum atomic E-state index is 10.8. The minimum absolute atomic E-state index is 0.0595. The lowest BCUT2D eigenvalue weighted by atomic mass is 10.1. The van der Waals surface area contributed by atoms with Gasteiger partial charge < -0.3 is 9.84 Å². The number of hydrogen-bond acceptors (Lipinski definition) is 4. The van der Waals surface area contributed by atoms with E-state index >= 15 is 0 Å². The third-order valence-corrected chi connectivity index (χ3v) is 3.26. The van der Waals surface area contributed by atoms with Gasteiger partial charge in [0.25, 0.3) is 5.69 Å². The van der Waals surface area contributed by atoms with E-state index in [-0.39, 0.29) is 5.69 Å². The van der Waals surface area contributed by atoms with Crippen LogP contribution in [-0.4, -0.2) is 10.0 Å². The van der Waals surface area contributed by atoms with Gasteiger partial charge in [0.1, 0.15) is 11.5 Å². The summed E-state index contributed by atoms with van der Waals surface area (Å²) in [6, 6.07) is 11.8. The third kappa shape index (κ3) is 3.38. The number of nitro benzene ring substituents is 1. The van der Waals surface area contributed by atoms with Gasteiger partial charge >= 0.3 is 0 Å². The van der Waals surface area contributed by atoms with Crippen molar-refractivity contribution in [2.75, 3.05) is 0 Å². The lowest BCUT2D eigenvalue weighted by molar-refractivity contribution is -0.385. The highest BCUT2D eigenvalue weighted by molar-refractivity contribution is 5.46. The Labute approximate surface area is 123 Å². The molecule has 0 aliphatic carbocycles. The smallest absolute Gasteiger partial charge is 0.272 e. The second kappa shape index (κ2) is 6.37. The van der Waals surface area contributed by atoms with Crippen molar-refractivity contribution in [3.63, 3.8) is 0 Å². The van der Waals surface area contributed by atoms with E-state index in [1.165, 1.54) is 6.07 Å². The molecule has 1 N–H and O–H groups in total. The molecule has 0 amide bonds. The van der Waals surface area contributed by atoms with Crippen LogP contribution in [0.4, 0.5) is 5.69 Å². The lowest BCUT2D eigenvalue weighted by Crippen LogP contribution is -1.99. The topological polar surface area (TPSA) is 72.6 Å². The number of aliphatic hydroxyl groups excluding tert-OH is 1. The van der Waals surface area contributed by atoms with Crippen LogP contribution in [0.3, 0.4) is 0 Å². The number of hydrogen-bond donors (Lipinski definition) is 1. The molecular formula is C16H17NO4. The summed E-state index contributed by atoms with van der Waals surface area (Å²) < 4.78 is 5.77. The zero-order valence-corrected chi connectivity index (χ0v) is 11.9. The van der Waals surface area contributed by atoms with Crippen LogP contribution in [-0.2, 0) is 0 Å². The van der Waals surface area contributed by atoms with Crippen LogP contribution in [0.2, 0.25) is 0 Å². The number of ether oxygens (including phenoxy) is 1. The van der Waals surface area contributed by atoms with E-state index < -0.39 is 11.0 Å². The zero-order chi connectivity index (χ0) is 15.4. The molecule has 1 atom stereocenters. The zero-order valence-electron chi connectivity index (χ0n) is 11.9. The Morgan fingerprint density at radius 2 is 2.00 bits per heavy atom. The van der Waals surface area contributed by atoms with Gasteiger partial charge in [0.15, 0.2) is 0 Å². The van der Waals surface area contributed by atoms with Crippen molar-refractivity contribution >= 4 is 5.69 Å². The standard InChI is InChI=1S/C16H17NO4/c1-3-15(18)13-6-4-5-7-16(13)21-12-8-9-14(17(19)20)11(2)10-12/h4-10,15,18H,3H2,1-2H3. The van der Waals surface area contributed by atoms with Crippen molar-refractivity contribution in [1.82, 2.24) is 0 Å². The number of aliphatic hydroxyl groups is 1. The predicted molar refractivity (Wildman–Crippen MR) is 79.6 cm³/mol. The molecule has 1 unspecified atom stereocenters. The minimum Gasteiger partial charge on any atom is -0.457 e. The van der Waals surface area contributed by atoms with Crippen molar-refractivity contribution in [1.29, 1.82) is 0 Å². The van der Waals surface area contributed by atoms with Crippen LogP contribution in [0.1, 0.15) is 30.6 Å². The van der Waals surface area contributed by atoms with Gasteiger partial charge in [-0.25, -0.2) is 0 Å². The molecule has 2 aromatic carbocycles. The molecule has 0 bridgehead atoms. The van der Waals surface area contributed by atoms with Crippen molar-refractivity contribution in [3.05, 3.63) is 63.7 Å². The van der Waals surface area contributed by atoms with Crippen LogP contribution in [0.25, 0.3) is 0 Å². The summed E-state index contributed by atoms with van der Waals surface area (Å²) in [6.45, 7) is 3.55. The molecule has 0 aliphatic heterocycles. The molecule has 5 heteroatoms. The molecule has 2 rings (SSSR count). The average Bonchev–Trinajstić information content (AvgIpc) is 2.46. The molecule has 0 heterocycles. The van der Waals surface area contributed by atoms with E-state index in [1.54, 1.807) is 25.1 Å². The maximum Gasteiger partial charge on any atom is 0.272 e. The first kappa shape index (κ1) is 15.0. The van der Waals surface area contributed by atoms with Gasteiger partial charge in [-0.1, -0.05) is 25.1 Å². The number of nitrogens with zero attached hydrogens (tertiary/aromatic N) is 1. The third-order valence-electron chi connectivity index (χ3n) is 3.26. The number of nitro groups is 1. The molecule has 5 nitrogen and oxygen atoms in total. The van der Waals surface area contributed by atoms with Crippen LogP contribution >= 0.6 is 0 Å². The summed E-state index contributed by atoms with van der Waals surface area (Å²) in [6.07, 6.45) is -0.0139. The van der Waals surface area contributed by atoms with E-state index in [9.17, 15) is 15.2 Å². The van der Waals surface area contributed by atoms with Crippen molar-refractivity contribution in [3.8, 4) is 11.5 Å². The molecule has 0 saturated heterocycles. The largest absolute Gasteiger partial charge is 0.457 e. The SMILES string of the molecule is CCC(O)c1ccccc1Oc1ccc([N+](=O)[O-])c(C)c1. The Kier molecular flexibility index (Phi) is 4.55. The molecule has 21 heavy (non-hydrogen) atoms. The molecule has 110 valence electrons. The van der Waals surface area contributed by atoms with E-state index in [1.807, 2.05) is 25.1 Å². The fourth-order valence-electron chi connectivity index (χ4n) is 2.09. The van der Waals surface area contributed by atoms with Gasteiger partial charge in [0, 0.05) is 17.2 Å². The van der Waals surface area contributed by atoms with Crippen molar-refractivity contribution < 1.29 is 14.8 Å². The van der Waals surface area contributed by atoms with E-state index in [0.29, 0.717) is 29.0 Å². The van der Waals surface area contributed by atoms with Crippen LogP contribution in [0.5, 0.6) is 11.5 Å². The summed E-state index contributed by atoms with van der Waals surface area (Å²) >= 11 is 0. The highest BCUT2D eigenvalue weighted by Gasteiger charge is 2.14. The molecule has 2 aromatic rings. The first-order valence-corrected chi connectivity index (χ1v) is 6.72. The molecule has 0 aromatic heterocycles. The van der Waals surface area contributed by atoms with Crippen molar-refractivity contribution in [2.45, 2.75) is 26.4 Å². The predicted octanol–water partition coefficient (Wildman–Crippen LogP) is 4.14. The Hall–Kier alpha value is -2.40. The summed E-state index contributed by atoms with van der Waals surface area (Å²) in [4.78, 5) is 10.4. The molecule has 0 aliphatic rings. The number of para-hydroxylation sites is 1.